The zero-order valence-corrected chi connectivity index (χ0v) is 13.6. The van der Waals surface area contributed by atoms with Gasteiger partial charge in [0.1, 0.15) is 0 Å². The minimum Gasteiger partial charge on any atom is -0.373 e. The maximum Gasteiger partial charge on any atom is 0.0804 e. The number of nitrogens with two attached hydrogens (primary N) is 1. The van der Waals surface area contributed by atoms with Gasteiger partial charge in [-0.2, -0.15) is 0 Å². The summed E-state index contributed by atoms with van der Waals surface area (Å²) in [6, 6.07) is 0. The Hall–Kier alpha value is -0.0800. The Kier molecular flexibility index (Phi) is 6.82. The lowest BCUT2D eigenvalue weighted by Gasteiger charge is -2.43. The van der Waals surface area contributed by atoms with Gasteiger partial charge in [-0.15, -0.1) is 0 Å². The lowest BCUT2D eigenvalue weighted by atomic mass is 9.71. The molecule has 0 aromatic rings. The van der Waals surface area contributed by atoms with E-state index >= 15 is 0 Å². The molecule has 1 fully saturated rings. The first-order valence-electron chi connectivity index (χ1n) is 8.31. The van der Waals surface area contributed by atoms with Crippen LogP contribution < -0.4 is 5.73 Å². The predicted octanol–water partition coefficient (Wildman–Crippen LogP) is 4.52. The van der Waals surface area contributed by atoms with Crippen molar-refractivity contribution in [1.82, 2.24) is 0 Å². The molecule has 0 spiro atoms. The summed E-state index contributed by atoms with van der Waals surface area (Å²) in [6.07, 6.45) is 9.91. The van der Waals surface area contributed by atoms with Crippen molar-refractivity contribution in [3.8, 4) is 0 Å². The number of hydrogen-bond acceptors (Lipinski definition) is 2. The van der Waals surface area contributed by atoms with E-state index in [9.17, 15) is 0 Å². The third-order valence-corrected chi connectivity index (χ3v) is 5.06. The van der Waals surface area contributed by atoms with Crippen molar-refractivity contribution < 1.29 is 4.74 Å². The van der Waals surface area contributed by atoms with Crippen LogP contribution in [0, 0.1) is 11.3 Å². The molecule has 114 valence electrons. The zero-order chi connectivity index (χ0) is 14.4. The van der Waals surface area contributed by atoms with Gasteiger partial charge in [0.25, 0.3) is 0 Å². The lowest BCUT2D eigenvalue weighted by molar-refractivity contribution is -0.0939. The SMILES string of the molecule is CCCCC(CC)COC1(CN)CCC(C)(C)CC1. The molecule has 0 aromatic heterocycles. The number of rotatable bonds is 8. The van der Waals surface area contributed by atoms with Crippen LogP contribution in [0.5, 0.6) is 0 Å². The van der Waals surface area contributed by atoms with Crippen molar-refractivity contribution in [3.63, 3.8) is 0 Å². The summed E-state index contributed by atoms with van der Waals surface area (Å²) in [5.74, 6) is 0.721. The third kappa shape index (κ3) is 5.43. The molecule has 0 bridgehead atoms. The maximum absolute atomic E-state index is 6.34. The molecule has 2 heteroatoms. The Balaban J connectivity index is 2.43. The van der Waals surface area contributed by atoms with Crippen LogP contribution in [-0.4, -0.2) is 18.8 Å². The second kappa shape index (κ2) is 7.64. The highest BCUT2D eigenvalue weighted by molar-refractivity contribution is 4.91. The number of unbranched alkanes of at least 4 members (excludes halogenated alkanes) is 1. The molecule has 0 saturated heterocycles. The minimum atomic E-state index is -0.0187. The van der Waals surface area contributed by atoms with E-state index in [0.29, 0.717) is 12.0 Å². The normalized spacial score (nSPS) is 23.2. The third-order valence-electron chi connectivity index (χ3n) is 5.06. The van der Waals surface area contributed by atoms with Crippen LogP contribution in [0.15, 0.2) is 0 Å². The average Bonchev–Trinajstić information content (AvgIpc) is 2.41. The van der Waals surface area contributed by atoms with E-state index in [1.807, 2.05) is 0 Å². The molecule has 1 aliphatic rings. The monoisotopic (exact) mass is 269 g/mol. The van der Waals surface area contributed by atoms with Crippen molar-refractivity contribution in [1.29, 1.82) is 0 Å². The molecular formula is C17H35NO. The van der Waals surface area contributed by atoms with E-state index in [-0.39, 0.29) is 5.60 Å². The molecule has 0 heterocycles. The Morgan fingerprint density at radius 1 is 1.11 bits per heavy atom. The van der Waals surface area contributed by atoms with Crippen LogP contribution >= 0.6 is 0 Å². The molecule has 1 unspecified atom stereocenters. The largest absolute Gasteiger partial charge is 0.373 e. The Bertz CT molecular complexity index is 240. The van der Waals surface area contributed by atoms with Gasteiger partial charge in [0.05, 0.1) is 12.2 Å². The first-order chi connectivity index (χ1) is 8.97. The van der Waals surface area contributed by atoms with Gasteiger partial charge < -0.3 is 10.5 Å². The van der Waals surface area contributed by atoms with Crippen LogP contribution in [0.3, 0.4) is 0 Å². The summed E-state index contributed by atoms with van der Waals surface area (Å²) in [6.45, 7) is 10.9. The van der Waals surface area contributed by atoms with Crippen molar-refractivity contribution in [2.45, 2.75) is 84.7 Å². The van der Waals surface area contributed by atoms with Gasteiger partial charge in [0.15, 0.2) is 0 Å². The molecule has 1 rings (SSSR count). The van der Waals surface area contributed by atoms with Crippen molar-refractivity contribution in [2.75, 3.05) is 13.2 Å². The van der Waals surface area contributed by atoms with Crippen LogP contribution in [0.4, 0.5) is 0 Å². The Morgan fingerprint density at radius 3 is 2.21 bits per heavy atom. The van der Waals surface area contributed by atoms with Crippen molar-refractivity contribution in [3.05, 3.63) is 0 Å². The quantitative estimate of drug-likeness (QED) is 0.703. The summed E-state index contributed by atoms with van der Waals surface area (Å²) in [5, 5.41) is 0. The molecule has 1 aliphatic carbocycles. The van der Waals surface area contributed by atoms with Gasteiger partial charge >= 0.3 is 0 Å². The van der Waals surface area contributed by atoms with E-state index in [0.717, 1.165) is 25.4 Å². The van der Waals surface area contributed by atoms with Gasteiger partial charge in [-0.3, -0.25) is 0 Å². The molecule has 2 N–H and O–H groups in total. The van der Waals surface area contributed by atoms with E-state index in [4.69, 9.17) is 10.5 Å². The first kappa shape index (κ1) is 17.0. The van der Waals surface area contributed by atoms with Crippen LogP contribution in [0.25, 0.3) is 0 Å². The molecule has 1 atom stereocenters. The van der Waals surface area contributed by atoms with Crippen LogP contribution in [0.1, 0.15) is 79.1 Å². The van der Waals surface area contributed by atoms with Gasteiger partial charge in [-0.1, -0.05) is 47.0 Å². The second-order valence-electron chi connectivity index (χ2n) is 7.28. The Labute approximate surface area is 120 Å². The predicted molar refractivity (Wildman–Crippen MR) is 83.3 cm³/mol. The van der Waals surface area contributed by atoms with E-state index in [1.54, 1.807) is 0 Å². The molecule has 0 aliphatic heterocycles. The van der Waals surface area contributed by atoms with Gasteiger partial charge in [-0.25, -0.2) is 0 Å². The van der Waals surface area contributed by atoms with E-state index in [2.05, 4.69) is 27.7 Å². The van der Waals surface area contributed by atoms with Crippen molar-refractivity contribution in [2.24, 2.45) is 17.1 Å². The molecule has 0 aromatic carbocycles. The highest BCUT2D eigenvalue weighted by Gasteiger charge is 2.38. The summed E-state index contributed by atoms with van der Waals surface area (Å²) in [4.78, 5) is 0. The Morgan fingerprint density at radius 2 is 1.74 bits per heavy atom. The van der Waals surface area contributed by atoms with Gasteiger partial charge in [-0.05, 0) is 43.4 Å². The van der Waals surface area contributed by atoms with Gasteiger partial charge in [0.2, 0.25) is 0 Å². The standard InChI is InChI=1S/C17H35NO/c1-5-7-8-15(6-2)13-19-17(14-18)11-9-16(3,4)10-12-17/h15H,5-14,18H2,1-4H3. The summed E-state index contributed by atoms with van der Waals surface area (Å²) < 4.78 is 6.34. The minimum absolute atomic E-state index is 0.0187. The second-order valence-corrected chi connectivity index (χ2v) is 7.28. The fourth-order valence-electron chi connectivity index (χ4n) is 2.98. The average molecular weight is 269 g/mol. The molecule has 0 amide bonds. The number of hydrogen-bond donors (Lipinski definition) is 1. The zero-order valence-electron chi connectivity index (χ0n) is 13.6. The highest BCUT2D eigenvalue weighted by Crippen LogP contribution is 2.41. The fraction of sp³-hybridized carbons (Fsp3) is 1.00. The fourth-order valence-corrected chi connectivity index (χ4v) is 2.98. The van der Waals surface area contributed by atoms with E-state index < -0.39 is 0 Å². The molecular weight excluding hydrogens is 234 g/mol. The lowest BCUT2D eigenvalue weighted by Crippen LogP contribution is -2.46. The number of ether oxygens (including phenoxy) is 1. The summed E-state index contributed by atoms with van der Waals surface area (Å²) in [7, 11) is 0. The molecule has 0 radical (unpaired) electrons. The maximum atomic E-state index is 6.34. The molecule has 1 saturated carbocycles. The summed E-state index contributed by atoms with van der Waals surface area (Å²) in [5.41, 5.74) is 6.49. The smallest absolute Gasteiger partial charge is 0.0804 e. The van der Waals surface area contributed by atoms with Gasteiger partial charge in [0, 0.05) is 6.54 Å². The highest BCUT2D eigenvalue weighted by atomic mass is 16.5. The molecule has 2 nitrogen and oxygen atoms in total. The van der Waals surface area contributed by atoms with Crippen LogP contribution in [0.2, 0.25) is 0 Å². The first-order valence-corrected chi connectivity index (χ1v) is 8.31. The molecule has 19 heavy (non-hydrogen) atoms. The topological polar surface area (TPSA) is 35.2 Å². The van der Waals surface area contributed by atoms with Crippen molar-refractivity contribution >= 4 is 0 Å². The summed E-state index contributed by atoms with van der Waals surface area (Å²) >= 11 is 0. The van der Waals surface area contributed by atoms with Crippen LogP contribution in [-0.2, 0) is 4.74 Å². The van der Waals surface area contributed by atoms with E-state index in [1.165, 1.54) is 38.5 Å².